The van der Waals surface area contributed by atoms with Crippen LogP contribution in [0.5, 0.6) is 0 Å². The molecule has 2 rings (SSSR count). The maximum atomic E-state index is 11.4. The number of rotatable bonds is 3. The largest absolute Gasteiger partial charge is 0.479 e. The topological polar surface area (TPSA) is 185 Å². The molecule has 0 amide bonds. The number of nitrogens with one attached hydrogen (secondary N) is 1. The Morgan fingerprint density at radius 1 is 1.11 bits per heavy atom. The third-order valence-corrected chi connectivity index (χ3v) is 3.06. The lowest BCUT2D eigenvalue weighted by Crippen LogP contribution is -2.13. The van der Waals surface area contributed by atoms with Gasteiger partial charge in [-0.15, -0.1) is 0 Å². The van der Waals surface area contributed by atoms with Crippen molar-refractivity contribution in [1.29, 1.82) is 5.26 Å². The van der Waals surface area contributed by atoms with Crippen LogP contribution in [0.2, 0.25) is 0 Å². The van der Waals surface area contributed by atoms with Crippen molar-refractivity contribution < 1.29 is 30.0 Å². The number of hydrogen-bond donors (Lipinski definition) is 5. The van der Waals surface area contributed by atoms with Gasteiger partial charge in [0.05, 0.1) is 0 Å². The minimum Gasteiger partial charge on any atom is -0.479 e. The van der Waals surface area contributed by atoms with Gasteiger partial charge in [0.1, 0.15) is 23.8 Å². The Balaban J connectivity index is 0.000000505. The highest BCUT2D eigenvalue weighted by molar-refractivity contribution is 5.71. The van der Waals surface area contributed by atoms with Crippen molar-refractivity contribution in [3.63, 3.8) is 0 Å². The Morgan fingerprint density at radius 2 is 1.54 bits per heavy atom. The Bertz CT molecular complexity index is 866. The van der Waals surface area contributed by atoms with E-state index in [0.717, 1.165) is 16.8 Å². The molecule has 0 bridgehead atoms. The van der Waals surface area contributed by atoms with Crippen LogP contribution in [0.15, 0.2) is 35.4 Å². The first kappa shape index (κ1) is 24.5. The summed E-state index contributed by atoms with van der Waals surface area (Å²) in [5, 5.41) is 40.3. The minimum absolute atomic E-state index is 0.123. The van der Waals surface area contributed by atoms with Crippen molar-refractivity contribution in [3.8, 4) is 17.2 Å². The fourth-order valence-electron chi connectivity index (χ4n) is 1.54. The number of carbonyl (C=O) groups is 2. The van der Waals surface area contributed by atoms with E-state index in [1.165, 1.54) is 13.8 Å². The molecule has 2 unspecified atom stereocenters. The van der Waals surface area contributed by atoms with Crippen molar-refractivity contribution in [2.75, 3.05) is 0 Å². The second-order valence-electron chi connectivity index (χ2n) is 5.43. The standard InChI is InChI=1S/C12H9N3O.2C3H6O3/c1-8-11(9-2-4-14-5-3-9)6-10(7-13)12(16)15-8;2*1-2(4)3(5)6/h2-6H,1H3,(H,15,16);2*2,4H,1H3,(H,5,6). The third kappa shape index (κ3) is 8.70. The molecule has 2 heterocycles. The third-order valence-electron chi connectivity index (χ3n) is 3.06. The van der Waals surface area contributed by atoms with Crippen LogP contribution in [0.3, 0.4) is 0 Å². The number of aliphatic hydroxyl groups is 2. The average molecular weight is 391 g/mol. The zero-order chi connectivity index (χ0) is 21.9. The van der Waals surface area contributed by atoms with Crippen LogP contribution in [0, 0.1) is 18.3 Å². The number of aryl methyl sites for hydroxylation is 1. The van der Waals surface area contributed by atoms with Gasteiger partial charge < -0.3 is 25.4 Å². The molecule has 0 saturated heterocycles. The van der Waals surface area contributed by atoms with Crippen LogP contribution < -0.4 is 5.56 Å². The number of nitriles is 1. The molecule has 0 aliphatic rings. The molecule has 2 aromatic rings. The van der Waals surface area contributed by atoms with E-state index in [4.69, 9.17) is 25.7 Å². The zero-order valence-corrected chi connectivity index (χ0v) is 15.4. The molecule has 10 nitrogen and oxygen atoms in total. The number of carboxylic acid groups (broad SMARTS) is 2. The summed E-state index contributed by atoms with van der Waals surface area (Å²) in [7, 11) is 0. The minimum atomic E-state index is -1.23. The smallest absolute Gasteiger partial charge is 0.332 e. The summed E-state index contributed by atoms with van der Waals surface area (Å²) >= 11 is 0. The van der Waals surface area contributed by atoms with Gasteiger partial charge in [-0.3, -0.25) is 9.78 Å². The first-order valence-electron chi connectivity index (χ1n) is 7.87. The molecule has 0 saturated carbocycles. The number of aromatic nitrogens is 2. The number of H-pyrrole nitrogens is 1. The summed E-state index contributed by atoms with van der Waals surface area (Å²) in [5.74, 6) is -2.37. The number of carboxylic acids is 2. The van der Waals surface area contributed by atoms with Gasteiger partial charge in [-0.1, -0.05) is 0 Å². The van der Waals surface area contributed by atoms with Crippen LogP contribution >= 0.6 is 0 Å². The molecule has 0 fully saturated rings. The number of aliphatic carboxylic acids is 2. The maximum absolute atomic E-state index is 11.4. The highest BCUT2D eigenvalue weighted by atomic mass is 16.4. The second-order valence-corrected chi connectivity index (χ2v) is 5.43. The molecular formula is C18H21N3O7. The van der Waals surface area contributed by atoms with Gasteiger partial charge in [0.2, 0.25) is 0 Å². The molecule has 2 aromatic heterocycles. The van der Waals surface area contributed by atoms with E-state index in [9.17, 15) is 14.4 Å². The van der Waals surface area contributed by atoms with Crippen LogP contribution in [-0.4, -0.2) is 54.5 Å². The van der Waals surface area contributed by atoms with Gasteiger partial charge in [-0.25, -0.2) is 9.59 Å². The molecule has 0 aromatic carbocycles. The zero-order valence-electron chi connectivity index (χ0n) is 15.4. The molecule has 28 heavy (non-hydrogen) atoms. The Hall–Kier alpha value is -3.55. The normalized spacial score (nSPS) is 11.4. The lowest BCUT2D eigenvalue weighted by atomic mass is 10.0. The van der Waals surface area contributed by atoms with Gasteiger partial charge >= 0.3 is 11.9 Å². The van der Waals surface area contributed by atoms with E-state index < -0.39 is 24.1 Å². The Labute approximate surface area is 160 Å². The van der Waals surface area contributed by atoms with E-state index in [2.05, 4.69) is 9.97 Å². The number of aromatic amines is 1. The van der Waals surface area contributed by atoms with Crippen molar-refractivity contribution in [3.05, 3.63) is 52.2 Å². The monoisotopic (exact) mass is 391 g/mol. The fraction of sp³-hybridized carbons (Fsp3) is 0.278. The second kappa shape index (κ2) is 11.9. The SMILES string of the molecule is CC(O)C(=O)O.CC(O)C(=O)O.Cc1[nH]c(=O)c(C#N)cc1-c1ccncc1. The fourth-order valence-corrected chi connectivity index (χ4v) is 1.54. The van der Waals surface area contributed by atoms with Crippen molar-refractivity contribution in [2.45, 2.75) is 33.0 Å². The average Bonchev–Trinajstić information content (AvgIpc) is 2.63. The summed E-state index contributed by atoms with van der Waals surface area (Å²) in [6, 6.07) is 7.14. The molecule has 0 radical (unpaired) electrons. The van der Waals surface area contributed by atoms with Crippen LogP contribution in [0.4, 0.5) is 0 Å². The Kier molecular flexibility index (Phi) is 10.4. The molecule has 2 atom stereocenters. The predicted octanol–water partition coefficient (Wildman–Crippen LogP) is 0.521. The molecule has 10 heteroatoms. The summed E-state index contributed by atoms with van der Waals surface area (Å²) in [6.07, 6.45) is 0.882. The van der Waals surface area contributed by atoms with Gasteiger partial charge in [-0.2, -0.15) is 5.26 Å². The van der Waals surface area contributed by atoms with E-state index in [0.29, 0.717) is 0 Å². The molecule has 5 N–H and O–H groups in total. The van der Waals surface area contributed by atoms with Gasteiger partial charge in [0.25, 0.3) is 5.56 Å². The number of aliphatic hydroxyl groups excluding tert-OH is 2. The first-order valence-corrected chi connectivity index (χ1v) is 7.87. The van der Waals surface area contributed by atoms with Crippen molar-refractivity contribution in [2.24, 2.45) is 0 Å². The number of hydrogen-bond acceptors (Lipinski definition) is 7. The van der Waals surface area contributed by atoms with Gasteiger partial charge in [-0.05, 0) is 44.5 Å². The van der Waals surface area contributed by atoms with E-state index >= 15 is 0 Å². The van der Waals surface area contributed by atoms with Crippen molar-refractivity contribution in [1.82, 2.24) is 9.97 Å². The molecule has 0 spiro atoms. The summed E-state index contributed by atoms with van der Waals surface area (Å²) < 4.78 is 0. The quantitative estimate of drug-likeness (QED) is 0.497. The molecule has 0 aliphatic heterocycles. The predicted molar refractivity (Wildman–Crippen MR) is 98.4 cm³/mol. The summed E-state index contributed by atoms with van der Waals surface area (Å²) in [5.41, 5.74) is 2.30. The first-order chi connectivity index (χ1) is 13.0. The van der Waals surface area contributed by atoms with Crippen LogP contribution in [0.1, 0.15) is 25.1 Å². The van der Waals surface area contributed by atoms with E-state index in [1.807, 2.05) is 18.2 Å². The summed E-state index contributed by atoms with van der Waals surface area (Å²) in [4.78, 5) is 36.8. The highest BCUT2D eigenvalue weighted by Gasteiger charge is 2.06. The molecular weight excluding hydrogens is 370 g/mol. The number of nitrogens with zero attached hydrogens (tertiary/aromatic N) is 2. The summed E-state index contributed by atoms with van der Waals surface area (Å²) in [6.45, 7) is 4.20. The maximum Gasteiger partial charge on any atom is 0.332 e. The highest BCUT2D eigenvalue weighted by Crippen LogP contribution is 2.20. The Morgan fingerprint density at radius 3 is 1.89 bits per heavy atom. The van der Waals surface area contributed by atoms with Gasteiger partial charge in [0.15, 0.2) is 0 Å². The van der Waals surface area contributed by atoms with Crippen molar-refractivity contribution >= 4 is 11.9 Å². The van der Waals surface area contributed by atoms with Crippen LogP contribution in [0.25, 0.3) is 11.1 Å². The van der Waals surface area contributed by atoms with Gasteiger partial charge in [0, 0.05) is 23.7 Å². The lowest BCUT2D eigenvalue weighted by Gasteiger charge is -2.05. The van der Waals surface area contributed by atoms with E-state index in [1.54, 1.807) is 25.4 Å². The molecule has 150 valence electrons. The number of pyridine rings is 2. The lowest BCUT2D eigenvalue weighted by molar-refractivity contribution is -0.146. The van der Waals surface area contributed by atoms with Crippen LogP contribution in [-0.2, 0) is 9.59 Å². The van der Waals surface area contributed by atoms with E-state index in [-0.39, 0.29) is 11.1 Å². The molecule has 0 aliphatic carbocycles.